The van der Waals surface area contributed by atoms with E-state index >= 15 is 0 Å². The summed E-state index contributed by atoms with van der Waals surface area (Å²) >= 11 is 0. The van der Waals surface area contributed by atoms with E-state index in [1.165, 1.54) is 0 Å². The molecule has 0 atom stereocenters. The van der Waals surface area contributed by atoms with Gasteiger partial charge in [0, 0.05) is 12.4 Å². The fourth-order valence-corrected chi connectivity index (χ4v) is 2.24. The second kappa shape index (κ2) is 8.82. The van der Waals surface area contributed by atoms with Gasteiger partial charge >= 0.3 is 0 Å². The summed E-state index contributed by atoms with van der Waals surface area (Å²) in [4.78, 5) is 3.96. The molecule has 1 aromatic heterocycles. The summed E-state index contributed by atoms with van der Waals surface area (Å²) in [5, 5.41) is 31.7. The standard InChI is InChI=1S/C16H31N7O2/c1-12(21-24)15(2,3)19-7-6-8-20-16(4,5)13(22-25)11-23-10-9-18-14(23)17/h9-10,19-20,24-25H,6-8,11H2,1-5H3,(H2,17,18)/b21-12+,22-13+. The molecule has 1 rings (SSSR count). The number of nitrogens with zero attached hydrogens (tertiary/aromatic N) is 4. The van der Waals surface area contributed by atoms with Crippen LogP contribution in [0.3, 0.4) is 0 Å². The van der Waals surface area contributed by atoms with Crippen LogP contribution >= 0.6 is 0 Å². The van der Waals surface area contributed by atoms with Crippen molar-refractivity contribution in [1.29, 1.82) is 0 Å². The zero-order valence-electron chi connectivity index (χ0n) is 15.7. The number of anilines is 1. The Hall–Kier alpha value is -2.13. The minimum absolute atomic E-state index is 0.360. The molecule has 9 nitrogen and oxygen atoms in total. The van der Waals surface area contributed by atoms with Crippen molar-refractivity contribution in [3.05, 3.63) is 12.4 Å². The molecule has 0 aliphatic carbocycles. The summed E-state index contributed by atoms with van der Waals surface area (Å²) in [5.41, 5.74) is 6.10. The highest BCUT2D eigenvalue weighted by Crippen LogP contribution is 2.10. The Bertz CT molecular complexity index is 605. The number of hydrogen-bond donors (Lipinski definition) is 5. The van der Waals surface area contributed by atoms with Crippen molar-refractivity contribution in [2.75, 3.05) is 18.8 Å². The van der Waals surface area contributed by atoms with E-state index in [0.717, 1.165) is 19.5 Å². The first-order valence-corrected chi connectivity index (χ1v) is 8.31. The van der Waals surface area contributed by atoms with E-state index in [1.807, 2.05) is 27.7 Å². The van der Waals surface area contributed by atoms with Crippen LogP contribution in [0.2, 0.25) is 0 Å². The molecule has 0 saturated carbocycles. The lowest BCUT2D eigenvalue weighted by atomic mass is 9.97. The Balaban J connectivity index is 2.48. The first-order valence-electron chi connectivity index (χ1n) is 8.31. The Morgan fingerprint density at radius 2 is 1.76 bits per heavy atom. The molecule has 0 unspecified atom stereocenters. The van der Waals surface area contributed by atoms with Crippen molar-refractivity contribution < 1.29 is 10.4 Å². The molecule has 25 heavy (non-hydrogen) atoms. The van der Waals surface area contributed by atoms with Gasteiger partial charge in [0.05, 0.1) is 29.0 Å². The summed E-state index contributed by atoms with van der Waals surface area (Å²) < 4.78 is 1.72. The lowest BCUT2D eigenvalue weighted by Gasteiger charge is -2.29. The lowest BCUT2D eigenvalue weighted by Crippen LogP contribution is -2.50. The number of oxime groups is 2. The van der Waals surface area contributed by atoms with Crippen LogP contribution in [0.1, 0.15) is 41.0 Å². The van der Waals surface area contributed by atoms with E-state index in [2.05, 4.69) is 25.9 Å². The average Bonchev–Trinajstić information content (AvgIpc) is 2.95. The number of imidazole rings is 1. The Morgan fingerprint density at radius 3 is 2.24 bits per heavy atom. The summed E-state index contributed by atoms with van der Waals surface area (Å²) in [6.45, 7) is 11.5. The van der Waals surface area contributed by atoms with Gasteiger partial charge in [-0.3, -0.25) is 0 Å². The number of rotatable bonds is 10. The molecule has 0 radical (unpaired) electrons. The van der Waals surface area contributed by atoms with E-state index in [9.17, 15) is 5.21 Å². The molecule has 6 N–H and O–H groups in total. The highest BCUT2D eigenvalue weighted by Gasteiger charge is 2.26. The summed E-state index contributed by atoms with van der Waals surface area (Å²) in [5.74, 6) is 0.379. The van der Waals surface area contributed by atoms with Crippen molar-refractivity contribution in [2.45, 2.75) is 58.7 Å². The second-order valence-electron chi connectivity index (χ2n) is 7.10. The average molecular weight is 353 g/mol. The number of nitrogen functional groups attached to an aromatic ring is 1. The molecular formula is C16H31N7O2. The van der Waals surface area contributed by atoms with Crippen LogP contribution in [-0.4, -0.2) is 55.6 Å². The third-order valence-electron chi connectivity index (χ3n) is 4.45. The van der Waals surface area contributed by atoms with Gasteiger partial charge in [-0.2, -0.15) is 0 Å². The predicted molar refractivity (Wildman–Crippen MR) is 99.5 cm³/mol. The van der Waals surface area contributed by atoms with Gasteiger partial charge in [-0.25, -0.2) is 4.98 Å². The van der Waals surface area contributed by atoms with E-state index < -0.39 is 5.54 Å². The van der Waals surface area contributed by atoms with Crippen molar-refractivity contribution in [3.63, 3.8) is 0 Å². The van der Waals surface area contributed by atoms with E-state index in [4.69, 9.17) is 10.9 Å². The maximum atomic E-state index is 9.37. The Morgan fingerprint density at radius 1 is 1.16 bits per heavy atom. The van der Waals surface area contributed by atoms with Crippen LogP contribution in [-0.2, 0) is 6.54 Å². The Kier molecular flexibility index (Phi) is 7.38. The summed E-state index contributed by atoms with van der Waals surface area (Å²) in [7, 11) is 0. The highest BCUT2D eigenvalue weighted by molar-refractivity contribution is 5.92. The smallest absolute Gasteiger partial charge is 0.200 e. The first-order chi connectivity index (χ1) is 11.6. The zero-order chi connectivity index (χ0) is 19.1. The fourth-order valence-electron chi connectivity index (χ4n) is 2.24. The third kappa shape index (κ3) is 6.02. The molecule has 0 aliphatic heterocycles. The normalized spacial score (nSPS) is 14.1. The molecule has 1 heterocycles. The van der Waals surface area contributed by atoms with Crippen LogP contribution in [0.4, 0.5) is 5.95 Å². The topological polar surface area (TPSA) is 133 Å². The van der Waals surface area contributed by atoms with Gasteiger partial charge in [-0.05, 0) is 54.1 Å². The van der Waals surface area contributed by atoms with Crippen LogP contribution in [0, 0.1) is 0 Å². The molecule has 0 spiro atoms. The van der Waals surface area contributed by atoms with Gasteiger partial charge in [0.1, 0.15) is 0 Å². The van der Waals surface area contributed by atoms with Crippen LogP contribution in [0.5, 0.6) is 0 Å². The molecule has 9 heteroatoms. The number of hydrogen-bond acceptors (Lipinski definition) is 8. The molecule has 1 aromatic rings. The minimum Gasteiger partial charge on any atom is -0.411 e. The van der Waals surface area contributed by atoms with Gasteiger partial charge in [0.15, 0.2) is 5.95 Å². The van der Waals surface area contributed by atoms with E-state index in [-0.39, 0.29) is 5.54 Å². The number of aromatic nitrogens is 2. The summed E-state index contributed by atoms with van der Waals surface area (Å²) in [6.07, 6.45) is 4.21. The molecule has 0 saturated heterocycles. The zero-order valence-corrected chi connectivity index (χ0v) is 15.7. The fraction of sp³-hybridized carbons (Fsp3) is 0.688. The van der Waals surface area contributed by atoms with Gasteiger partial charge in [-0.1, -0.05) is 10.3 Å². The van der Waals surface area contributed by atoms with Crippen molar-refractivity contribution in [1.82, 2.24) is 20.2 Å². The van der Waals surface area contributed by atoms with Gasteiger partial charge in [0.25, 0.3) is 0 Å². The van der Waals surface area contributed by atoms with Crippen molar-refractivity contribution >= 4 is 17.4 Å². The van der Waals surface area contributed by atoms with Crippen molar-refractivity contribution in [3.8, 4) is 0 Å². The molecule has 0 aliphatic rings. The molecule has 0 amide bonds. The summed E-state index contributed by atoms with van der Waals surface area (Å²) in [6, 6.07) is 0. The number of nitrogens with two attached hydrogens (primary N) is 1. The van der Waals surface area contributed by atoms with E-state index in [1.54, 1.807) is 23.9 Å². The molecular weight excluding hydrogens is 322 g/mol. The lowest BCUT2D eigenvalue weighted by molar-refractivity contribution is 0.307. The Labute approximate surface area is 149 Å². The second-order valence-corrected chi connectivity index (χ2v) is 7.10. The largest absolute Gasteiger partial charge is 0.411 e. The molecule has 0 aromatic carbocycles. The maximum absolute atomic E-state index is 9.37. The predicted octanol–water partition coefficient (Wildman–Crippen LogP) is 1.27. The SMILES string of the molecule is C/C(=N\O)C(C)(C)NCCCNC(C)(C)/C(Cn1ccnc1N)=N/O. The third-order valence-corrected chi connectivity index (χ3v) is 4.45. The van der Waals surface area contributed by atoms with E-state index in [0.29, 0.717) is 23.9 Å². The quantitative estimate of drug-likeness (QED) is 0.186. The molecule has 142 valence electrons. The van der Waals surface area contributed by atoms with Gasteiger partial charge < -0.3 is 31.3 Å². The number of nitrogens with one attached hydrogen (secondary N) is 2. The first kappa shape index (κ1) is 20.9. The maximum Gasteiger partial charge on any atom is 0.200 e. The van der Waals surface area contributed by atoms with Crippen LogP contribution in [0.25, 0.3) is 0 Å². The highest BCUT2D eigenvalue weighted by atomic mass is 16.4. The van der Waals surface area contributed by atoms with Crippen LogP contribution in [0.15, 0.2) is 22.7 Å². The molecule has 0 bridgehead atoms. The van der Waals surface area contributed by atoms with Crippen LogP contribution < -0.4 is 16.4 Å². The van der Waals surface area contributed by atoms with Gasteiger partial charge in [0.2, 0.25) is 0 Å². The minimum atomic E-state index is -0.497. The monoisotopic (exact) mass is 353 g/mol. The van der Waals surface area contributed by atoms with Gasteiger partial charge in [-0.15, -0.1) is 0 Å². The molecule has 0 fully saturated rings. The van der Waals surface area contributed by atoms with Crippen molar-refractivity contribution in [2.24, 2.45) is 10.3 Å².